The molecule has 2 aromatic carbocycles. The maximum atomic E-state index is 14.0. The number of rotatable bonds is 3. The zero-order valence-electron chi connectivity index (χ0n) is 9.64. The van der Waals surface area contributed by atoms with Crippen LogP contribution in [0.4, 0.5) is 4.39 Å². The number of carbonyl (C=O) groups excluding carboxylic acids is 1. The number of hydrogen-bond acceptors (Lipinski definition) is 1. The van der Waals surface area contributed by atoms with Crippen LogP contribution in [-0.4, -0.2) is 5.91 Å². The first-order chi connectivity index (χ1) is 8.70. The number of amides is 1. The van der Waals surface area contributed by atoms with Crippen LogP contribution < -0.4 is 5.73 Å². The summed E-state index contributed by atoms with van der Waals surface area (Å²) in [6, 6.07) is 17.8. The molecule has 0 aliphatic carbocycles. The van der Waals surface area contributed by atoms with Crippen LogP contribution in [0.2, 0.25) is 0 Å². The van der Waals surface area contributed by atoms with Crippen LogP contribution in [0.1, 0.15) is 11.1 Å². The molecular formula is C15H12FNO. The van der Waals surface area contributed by atoms with E-state index in [-0.39, 0.29) is 5.57 Å². The van der Waals surface area contributed by atoms with Crippen LogP contribution in [0.3, 0.4) is 0 Å². The van der Waals surface area contributed by atoms with Crippen molar-refractivity contribution < 1.29 is 9.18 Å². The summed E-state index contributed by atoms with van der Waals surface area (Å²) in [5.74, 6) is -1.98. The maximum absolute atomic E-state index is 14.0. The fourth-order valence-corrected chi connectivity index (χ4v) is 1.75. The van der Waals surface area contributed by atoms with E-state index in [4.69, 9.17) is 5.73 Å². The van der Waals surface area contributed by atoms with E-state index in [0.717, 1.165) is 0 Å². The highest BCUT2D eigenvalue weighted by atomic mass is 19.1. The molecule has 18 heavy (non-hydrogen) atoms. The Morgan fingerprint density at radius 2 is 1.22 bits per heavy atom. The van der Waals surface area contributed by atoms with Gasteiger partial charge >= 0.3 is 0 Å². The Morgan fingerprint density at radius 3 is 1.56 bits per heavy atom. The van der Waals surface area contributed by atoms with Gasteiger partial charge in [0.25, 0.3) is 5.91 Å². The van der Waals surface area contributed by atoms with Gasteiger partial charge in [-0.05, 0) is 11.1 Å². The van der Waals surface area contributed by atoms with Crippen molar-refractivity contribution in [1.29, 1.82) is 0 Å². The fourth-order valence-electron chi connectivity index (χ4n) is 1.75. The molecule has 0 aliphatic heterocycles. The van der Waals surface area contributed by atoms with E-state index in [9.17, 15) is 9.18 Å². The van der Waals surface area contributed by atoms with Gasteiger partial charge in [-0.15, -0.1) is 0 Å². The van der Waals surface area contributed by atoms with Crippen LogP contribution >= 0.6 is 0 Å². The van der Waals surface area contributed by atoms with Gasteiger partial charge < -0.3 is 5.73 Å². The summed E-state index contributed by atoms with van der Waals surface area (Å²) in [5, 5.41) is 0. The highest BCUT2D eigenvalue weighted by Crippen LogP contribution is 2.27. The molecule has 0 fully saturated rings. The molecule has 90 valence electrons. The summed E-state index contributed by atoms with van der Waals surface area (Å²) in [7, 11) is 0. The smallest absolute Gasteiger partial charge is 0.278 e. The molecule has 2 nitrogen and oxygen atoms in total. The van der Waals surface area contributed by atoms with Gasteiger partial charge in [0.05, 0.1) is 0 Å². The molecule has 2 N–H and O–H groups in total. The molecule has 0 radical (unpaired) electrons. The third kappa shape index (κ3) is 2.46. The molecule has 2 aromatic rings. The number of hydrogen-bond donors (Lipinski definition) is 1. The minimum atomic E-state index is -1.06. The van der Waals surface area contributed by atoms with Crippen LogP contribution in [0, 0.1) is 0 Å². The molecule has 0 heterocycles. The van der Waals surface area contributed by atoms with E-state index in [2.05, 4.69) is 0 Å². The SMILES string of the molecule is NC(=O)C(F)=C(c1ccccc1)c1ccccc1. The first-order valence-electron chi connectivity index (χ1n) is 5.50. The molecule has 0 saturated carbocycles. The van der Waals surface area contributed by atoms with E-state index < -0.39 is 11.7 Å². The van der Waals surface area contributed by atoms with Crippen molar-refractivity contribution in [1.82, 2.24) is 0 Å². The highest BCUT2D eigenvalue weighted by Gasteiger charge is 2.15. The monoisotopic (exact) mass is 241 g/mol. The van der Waals surface area contributed by atoms with Crippen molar-refractivity contribution >= 4 is 11.5 Å². The molecule has 2 rings (SSSR count). The summed E-state index contributed by atoms with van der Waals surface area (Å²) < 4.78 is 14.0. The van der Waals surface area contributed by atoms with Gasteiger partial charge in [0.15, 0.2) is 5.83 Å². The van der Waals surface area contributed by atoms with E-state index in [1.165, 1.54) is 0 Å². The van der Waals surface area contributed by atoms with E-state index in [1.807, 2.05) is 12.1 Å². The minimum Gasteiger partial charge on any atom is -0.364 e. The number of benzene rings is 2. The molecule has 0 atom stereocenters. The zero-order valence-corrected chi connectivity index (χ0v) is 9.64. The second kappa shape index (κ2) is 5.27. The van der Waals surface area contributed by atoms with E-state index >= 15 is 0 Å². The number of nitrogens with two attached hydrogens (primary N) is 1. The quantitative estimate of drug-likeness (QED) is 0.825. The molecule has 0 spiro atoms. The van der Waals surface area contributed by atoms with Gasteiger partial charge in [0, 0.05) is 5.57 Å². The van der Waals surface area contributed by atoms with Crippen LogP contribution in [0.25, 0.3) is 5.57 Å². The largest absolute Gasteiger partial charge is 0.364 e. The topological polar surface area (TPSA) is 43.1 Å². The second-order valence-electron chi connectivity index (χ2n) is 3.79. The van der Waals surface area contributed by atoms with Crippen LogP contribution in [-0.2, 0) is 4.79 Å². The first-order valence-corrected chi connectivity index (χ1v) is 5.50. The van der Waals surface area contributed by atoms with Crippen molar-refractivity contribution in [3.05, 3.63) is 77.6 Å². The lowest BCUT2D eigenvalue weighted by Crippen LogP contribution is -2.13. The van der Waals surface area contributed by atoms with Gasteiger partial charge in [-0.3, -0.25) is 4.79 Å². The molecular weight excluding hydrogens is 229 g/mol. The lowest BCUT2D eigenvalue weighted by atomic mass is 9.97. The summed E-state index contributed by atoms with van der Waals surface area (Å²) in [4.78, 5) is 11.1. The zero-order chi connectivity index (χ0) is 13.0. The standard InChI is InChI=1S/C15H12FNO/c16-14(15(17)18)13(11-7-3-1-4-8-11)12-9-5-2-6-10-12/h1-10H,(H2,17,18). The van der Waals surface area contributed by atoms with Crippen molar-refractivity contribution in [2.24, 2.45) is 5.73 Å². The third-order valence-corrected chi connectivity index (χ3v) is 2.56. The Hall–Kier alpha value is -2.42. The second-order valence-corrected chi connectivity index (χ2v) is 3.79. The Morgan fingerprint density at radius 1 is 0.833 bits per heavy atom. The normalized spacial score (nSPS) is 9.83. The van der Waals surface area contributed by atoms with Gasteiger partial charge in [-0.25, -0.2) is 4.39 Å². The van der Waals surface area contributed by atoms with Gasteiger partial charge in [-0.1, -0.05) is 60.7 Å². The Bertz CT molecular complexity index is 534. The molecule has 0 aliphatic rings. The Kier molecular flexibility index (Phi) is 3.53. The first kappa shape index (κ1) is 12.0. The predicted molar refractivity (Wildman–Crippen MR) is 69.2 cm³/mol. The summed E-state index contributed by atoms with van der Waals surface area (Å²) in [6.07, 6.45) is 0. The van der Waals surface area contributed by atoms with Crippen molar-refractivity contribution in [3.8, 4) is 0 Å². The van der Waals surface area contributed by atoms with Crippen LogP contribution in [0.5, 0.6) is 0 Å². The van der Waals surface area contributed by atoms with Crippen LogP contribution in [0.15, 0.2) is 66.5 Å². The molecule has 1 amide bonds. The van der Waals surface area contributed by atoms with E-state index in [1.54, 1.807) is 48.5 Å². The van der Waals surface area contributed by atoms with Gasteiger partial charge in [0.2, 0.25) is 0 Å². The number of carbonyl (C=O) groups is 1. The van der Waals surface area contributed by atoms with Gasteiger partial charge in [0.1, 0.15) is 0 Å². The molecule has 3 heteroatoms. The fraction of sp³-hybridized carbons (Fsp3) is 0. The Labute approximate surface area is 105 Å². The predicted octanol–water partition coefficient (Wildman–Crippen LogP) is 2.90. The van der Waals surface area contributed by atoms with Crippen molar-refractivity contribution in [2.45, 2.75) is 0 Å². The summed E-state index contributed by atoms with van der Waals surface area (Å²) in [5.41, 5.74) is 6.52. The number of halogens is 1. The number of primary amides is 1. The molecule has 0 bridgehead atoms. The average Bonchev–Trinajstić information content (AvgIpc) is 2.41. The summed E-state index contributed by atoms with van der Waals surface area (Å²) >= 11 is 0. The molecule has 0 saturated heterocycles. The van der Waals surface area contributed by atoms with E-state index in [0.29, 0.717) is 11.1 Å². The lowest BCUT2D eigenvalue weighted by molar-refractivity contribution is -0.115. The maximum Gasteiger partial charge on any atom is 0.278 e. The minimum absolute atomic E-state index is 0.226. The van der Waals surface area contributed by atoms with Crippen molar-refractivity contribution in [2.75, 3.05) is 0 Å². The third-order valence-electron chi connectivity index (χ3n) is 2.56. The summed E-state index contributed by atoms with van der Waals surface area (Å²) in [6.45, 7) is 0. The highest BCUT2D eigenvalue weighted by molar-refractivity contribution is 6.01. The van der Waals surface area contributed by atoms with Crippen molar-refractivity contribution in [3.63, 3.8) is 0 Å². The average molecular weight is 241 g/mol. The lowest BCUT2D eigenvalue weighted by Gasteiger charge is -2.08. The molecule has 0 aromatic heterocycles. The Balaban J connectivity index is 2.64. The van der Waals surface area contributed by atoms with Gasteiger partial charge in [-0.2, -0.15) is 0 Å². The molecule has 0 unspecified atom stereocenters.